The Morgan fingerprint density at radius 2 is 2.07 bits per heavy atom. The smallest absolute Gasteiger partial charge is 0.264 e. The largest absolute Gasteiger partial charge is 0.482 e. The molecule has 1 aromatic heterocycles. The molecule has 0 bridgehead atoms. The van der Waals surface area contributed by atoms with E-state index in [4.69, 9.17) is 21.1 Å². The number of carbonyl (C=O) groups excluding carboxylic acids is 1. The van der Waals surface area contributed by atoms with Gasteiger partial charge in [0, 0.05) is 24.5 Å². The highest BCUT2D eigenvalue weighted by Crippen LogP contribution is 2.35. The van der Waals surface area contributed by atoms with Crippen molar-refractivity contribution >= 4 is 23.2 Å². The SMILES string of the molecule is CN1C(=O)COc2ccc([C@@H](Cn3ccnc3)OCc3ccc(Cl)cc3)cc21. The summed E-state index contributed by atoms with van der Waals surface area (Å²) < 4.78 is 13.7. The number of rotatable bonds is 6. The molecule has 1 aliphatic rings. The molecular weight excluding hydrogens is 378 g/mol. The normalized spacial score (nSPS) is 14.5. The standard InChI is InChI=1S/C21H20ClN3O3/c1-24-18-10-16(4-7-19(18)28-13-21(24)26)20(11-25-9-8-23-14-25)27-12-15-2-5-17(22)6-3-15/h2-10,14,20H,11-13H2,1H3/t20-/m1/s1. The van der Waals surface area contributed by atoms with E-state index >= 15 is 0 Å². The molecule has 28 heavy (non-hydrogen) atoms. The van der Waals surface area contributed by atoms with Gasteiger partial charge in [-0.2, -0.15) is 0 Å². The van der Waals surface area contributed by atoms with Crippen LogP contribution in [-0.2, 0) is 22.7 Å². The fourth-order valence-corrected chi connectivity index (χ4v) is 3.23. The van der Waals surface area contributed by atoms with Crippen LogP contribution in [0.1, 0.15) is 17.2 Å². The van der Waals surface area contributed by atoms with E-state index in [9.17, 15) is 4.79 Å². The summed E-state index contributed by atoms with van der Waals surface area (Å²) in [4.78, 5) is 17.7. The molecule has 0 aliphatic carbocycles. The van der Waals surface area contributed by atoms with Crippen LogP contribution in [0, 0.1) is 0 Å². The summed E-state index contributed by atoms with van der Waals surface area (Å²) in [5.74, 6) is 0.628. The Bertz CT molecular complexity index is 958. The van der Waals surface area contributed by atoms with Crippen LogP contribution in [0.4, 0.5) is 5.69 Å². The van der Waals surface area contributed by atoms with Crippen molar-refractivity contribution in [3.63, 3.8) is 0 Å². The Labute approximate surface area is 168 Å². The number of hydrogen-bond donors (Lipinski definition) is 0. The Morgan fingerprint density at radius 1 is 1.25 bits per heavy atom. The van der Waals surface area contributed by atoms with Crippen LogP contribution in [0.15, 0.2) is 61.2 Å². The van der Waals surface area contributed by atoms with Crippen molar-refractivity contribution in [3.05, 3.63) is 77.3 Å². The van der Waals surface area contributed by atoms with E-state index in [1.165, 1.54) is 0 Å². The molecule has 0 radical (unpaired) electrons. The number of aromatic nitrogens is 2. The van der Waals surface area contributed by atoms with Gasteiger partial charge in [-0.1, -0.05) is 29.8 Å². The van der Waals surface area contributed by atoms with E-state index in [1.807, 2.05) is 53.2 Å². The van der Waals surface area contributed by atoms with Crippen LogP contribution in [0.2, 0.25) is 5.02 Å². The molecule has 0 fully saturated rings. The van der Waals surface area contributed by atoms with E-state index < -0.39 is 0 Å². The fourth-order valence-electron chi connectivity index (χ4n) is 3.11. The quantitative estimate of drug-likeness (QED) is 0.634. The first-order chi connectivity index (χ1) is 13.6. The molecule has 144 valence electrons. The second kappa shape index (κ2) is 8.04. The second-order valence-electron chi connectivity index (χ2n) is 6.65. The monoisotopic (exact) mass is 397 g/mol. The van der Waals surface area contributed by atoms with Gasteiger partial charge >= 0.3 is 0 Å². The van der Waals surface area contributed by atoms with Crippen molar-refractivity contribution in [2.45, 2.75) is 19.3 Å². The molecule has 1 aliphatic heterocycles. The second-order valence-corrected chi connectivity index (χ2v) is 7.09. The first kappa shape index (κ1) is 18.5. The van der Waals surface area contributed by atoms with E-state index in [-0.39, 0.29) is 18.6 Å². The van der Waals surface area contributed by atoms with Crippen LogP contribution >= 0.6 is 11.6 Å². The highest BCUT2D eigenvalue weighted by Gasteiger charge is 2.24. The summed E-state index contributed by atoms with van der Waals surface area (Å²) >= 11 is 5.96. The Morgan fingerprint density at radius 3 is 2.82 bits per heavy atom. The van der Waals surface area contributed by atoms with E-state index in [1.54, 1.807) is 24.5 Å². The Hall–Kier alpha value is -2.83. The number of ether oxygens (including phenoxy) is 2. The van der Waals surface area contributed by atoms with E-state index in [0.29, 0.717) is 23.9 Å². The average molecular weight is 398 g/mol. The van der Waals surface area contributed by atoms with Crippen LogP contribution in [0.5, 0.6) is 5.75 Å². The number of imidazole rings is 1. The molecular formula is C21H20ClN3O3. The first-order valence-electron chi connectivity index (χ1n) is 8.95. The number of hydrogen-bond acceptors (Lipinski definition) is 4. The maximum absolute atomic E-state index is 12.0. The zero-order valence-corrected chi connectivity index (χ0v) is 16.2. The zero-order chi connectivity index (χ0) is 19.5. The number of carbonyl (C=O) groups is 1. The minimum absolute atomic E-state index is 0.0639. The molecule has 1 atom stereocenters. The zero-order valence-electron chi connectivity index (χ0n) is 15.4. The lowest BCUT2D eigenvalue weighted by molar-refractivity contribution is -0.120. The van der Waals surface area contributed by atoms with Gasteiger partial charge in [0.25, 0.3) is 5.91 Å². The van der Waals surface area contributed by atoms with Crippen molar-refractivity contribution in [2.24, 2.45) is 0 Å². The number of anilines is 1. The molecule has 2 heterocycles. The van der Waals surface area contributed by atoms with Gasteiger partial charge in [-0.15, -0.1) is 0 Å². The maximum Gasteiger partial charge on any atom is 0.264 e. The molecule has 3 aromatic rings. The summed E-state index contributed by atoms with van der Waals surface area (Å²) in [5, 5.41) is 0.695. The third-order valence-electron chi connectivity index (χ3n) is 4.74. The van der Waals surface area contributed by atoms with Gasteiger partial charge in [-0.3, -0.25) is 4.79 Å². The summed E-state index contributed by atoms with van der Waals surface area (Å²) in [6.45, 7) is 1.11. The lowest BCUT2D eigenvalue weighted by Crippen LogP contribution is -2.35. The molecule has 1 amide bonds. The lowest BCUT2D eigenvalue weighted by Gasteiger charge is -2.28. The van der Waals surface area contributed by atoms with Crippen molar-refractivity contribution in [2.75, 3.05) is 18.6 Å². The average Bonchev–Trinajstić information content (AvgIpc) is 3.22. The molecule has 0 unspecified atom stereocenters. The van der Waals surface area contributed by atoms with Gasteiger partial charge in [0.15, 0.2) is 6.61 Å². The summed E-state index contributed by atoms with van der Waals surface area (Å²) in [6.07, 6.45) is 5.18. The van der Waals surface area contributed by atoms with Gasteiger partial charge in [-0.25, -0.2) is 4.98 Å². The topological polar surface area (TPSA) is 56.6 Å². The van der Waals surface area contributed by atoms with Gasteiger partial charge in [0.2, 0.25) is 0 Å². The molecule has 6 nitrogen and oxygen atoms in total. The third kappa shape index (κ3) is 4.03. The predicted octanol–water partition coefficient (Wildman–Crippen LogP) is 3.85. The Balaban J connectivity index is 1.59. The van der Waals surface area contributed by atoms with E-state index in [0.717, 1.165) is 16.8 Å². The van der Waals surface area contributed by atoms with Crippen molar-refractivity contribution < 1.29 is 14.3 Å². The van der Waals surface area contributed by atoms with Gasteiger partial charge in [0.1, 0.15) is 11.9 Å². The first-order valence-corrected chi connectivity index (χ1v) is 9.33. The molecule has 0 spiro atoms. The Kier molecular flexibility index (Phi) is 5.32. The number of likely N-dealkylation sites (N-methyl/N-ethyl adjacent to an activating group) is 1. The molecule has 0 N–H and O–H groups in total. The summed E-state index contributed by atoms with van der Waals surface area (Å²) in [6, 6.07) is 13.4. The molecule has 7 heteroatoms. The lowest BCUT2D eigenvalue weighted by atomic mass is 10.1. The minimum atomic E-state index is -0.222. The molecule has 0 saturated heterocycles. The third-order valence-corrected chi connectivity index (χ3v) is 4.99. The van der Waals surface area contributed by atoms with Crippen LogP contribution in [0.25, 0.3) is 0 Å². The van der Waals surface area contributed by atoms with Crippen LogP contribution in [-0.4, -0.2) is 29.1 Å². The summed E-state index contributed by atoms with van der Waals surface area (Å²) in [5.41, 5.74) is 2.75. The molecule has 0 saturated carbocycles. The van der Waals surface area contributed by atoms with Gasteiger partial charge in [0.05, 0.1) is 25.2 Å². The van der Waals surface area contributed by atoms with Gasteiger partial charge < -0.3 is 18.9 Å². The van der Waals surface area contributed by atoms with Crippen molar-refractivity contribution in [3.8, 4) is 5.75 Å². The summed E-state index contributed by atoms with van der Waals surface area (Å²) in [7, 11) is 1.76. The fraction of sp³-hybridized carbons (Fsp3) is 0.238. The highest BCUT2D eigenvalue weighted by atomic mass is 35.5. The van der Waals surface area contributed by atoms with Crippen LogP contribution in [0.3, 0.4) is 0 Å². The van der Waals surface area contributed by atoms with E-state index in [2.05, 4.69) is 4.98 Å². The molecule has 4 rings (SSSR count). The van der Waals surface area contributed by atoms with Crippen LogP contribution < -0.4 is 9.64 Å². The number of nitrogens with zero attached hydrogens (tertiary/aromatic N) is 3. The van der Waals surface area contributed by atoms with Gasteiger partial charge in [-0.05, 0) is 35.4 Å². The minimum Gasteiger partial charge on any atom is -0.482 e. The molecule has 2 aromatic carbocycles. The number of benzene rings is 2. The van der Waals surface area contributed by atoms with Crippen molar-refractivity contribution in [1.29, 1.82) is 0 Å². The predicted molar refractivity (Wildman–Crippen MR) is 107 cm³/mol. The number of halogens is 1. The number of fused-ring (bicyclic) bond motifs is 1. The maximum atomic E-state index is 12.0. The highest BCUT2D eigenvalue weighted by molar-refractivity contribution is 6.30. The number of amides is 1. The van der Waals surface area contributed by atoms with Crippen molar-refractivity contribution in [1.82, 2.24) is 9.55 Å².